The van der Waals surface area contributed by atoms with Gasteiger partial charge >= 0.3 is 0 Å². The van der Waals surface area contributed by atoms with E-state index < -0.39 is 5.72 Å². The van der Waals surface area contributed by atoms with Crippen LogP contribution >= 0.6 is 0 Å². The fourth-order valence-electron chi connectivity index (χ4n) is 4.32. The molecule has 1 aromatic rings. The lowest BCUT2D eigenvalue weighted by Gasteiger charge is -2.54. The Balaban J connectivity index is 1.96. The van der Waals surface area contributed by atoms with Crippen molar-refractivity contribution in [2.75, 3.05) is 27.8 Å². The minimum Gasteiger partial charge on any atom is -0.493 e. The Morgan fingerprint density at radius 1 is 1.17 bits per heavy atom. The first-order valence-corrected chi connectivity index (χ1v) is 8.09. The average Bonchev–Trinajstić information content (AvgIpc) is 2.59. The molecule has 0 radical (unpaired) electrons. The summed E-state index contributed by atoms with van der Waals surface area (Å²) in [7, 11) is 5.04. The van der Waals surface area contributed by atoms with Crippen LogP contribution < -0.4 is 9.47 Å². The third kappa shape index (κ3) is 1.79. The summed E-state index contributed by atoms with van der Waals surface area (Å²) >= 11 is 0. The number of rotatable bonds is 2. The van der Waals surface area contributed by atoms with Gasteiger partial charge in [-0.1, -0.05) is 12.2 Å². The minimum atomic E-state index is -1.43. The van der Waals surface area contributed by atoms with Gasteiger partial charge in [0, 0.05) is 18.4 Å². The van der Waals surface area contributed by atoms with E-state index in [1.807, 2.05) is 24.3 Å². The molecule has 1 aromatic carbocycles. The second-order valence-corrected chi connectivity index (χ2v) is 6.84. The molecule has 0 saturated carbocycles. The van der Waals surface area contributed by atoms with Crippen LogP contribution in [0.15, 0.2) is 29.9 Å². The number of carbonyl (C=O) groups is 1. The van der Waals surface area contributed by atoms with Gasteiger partial charge in [0.25, 0.3) is 0 Å². The summed E-state index contributed by atoms with van der Waals surface area (Å²) in [4.78, 5) is 14.2. The Morgan fingerprint density at radius 2 is 1.88 bits per heavy atom. The zero-order valence-corrected chi connectivity index (χ0v) is 14.1. The number of aliphatic hydroxyl groups is 1. The van der Waals surface area contributed by atoms with Crippen LogP contribution in [0.1, 0.15) is 24.0 Å². The van der Waals surface area contributed by atoms with Crippen molar-refractivity contribution in [1.82, 2.24) is 4.90 Å². The van der Waals surface area contributed by atoms with Crippen LogP contribution in [0.3, 0.4) is 0 Å². The summed E-state index contributed by atoms with van der Waals surface area (Å²) in [6.45, 7) is 0.654. The van der Waals surface area contributed by atoms with Crippen molar-refractivity contribution in [3.8, 4) is 11.5 Å². The number of nitrogens with zero attached hydrogens (tertiary/aromatic N) is 1. The minimum absolute atomic E-state index is 0.232. The number of methoxy groups -OCH3 is 2. The van der Waals surface area contributed by atoms with Crippen LogP contribution in [0, 0.1) is 0 Å². The van der Waals surface area contributed by atoms with E-state index in [4.69, 9.17) is 9.47 Å². The van der Waals surface area contributed by atoms with E-state index in [0.29, 0.717) is 24.5 Å². The molecule has 1 spiro atoms. The maximum absolute atomic E-state index is 12.5. The van der Waals surface area contributed by atoms with Crippen LogP contribution in [0.25, 0.3) is 6.08 Å². The van der Waals surface area contributed by atoms with Crippen LogP contribution in [-0.2, 0) is 10.2 Å². The molecule has 0 aromatic heterocycles. The summed E-state index contributed by atoms with van der Waals surface area (Å²) in [5.74, 6) is 1.11. The molecule has 1 N–H and O–H groups in total. The molecule has 0 amide bonds. The molecule has 2 bridgehead atoms. The maximum Gasteiger partial charge on any atom is 0.202 e. The molecule has 2 aliphatic carbocycles. The number of likely N-dealkylation sites (N-methyl/N-ethyl adjacent to an activating group) is 1. The third-order valence-electron chi connectivity index (χ3n) is 5.80. The van der Waals surface area contributed by atoms with Crippen LogP contribution in [0.4, 0.5) is 0 Å². The smallest absolute Gasteiger partial charge is 0.202 e. The fraction of sp³-hybridized carbons (Fsp3) is 0.421. The highest BCUT2D eigenvalue weighted by Crippen LogP contribution is 2.54. The van der Waals surface area contributed by atoms with Gasteiger partial charge in [0.1, 0.15) is 0 Å². The Kier molecular flexibility index (Phi) is 3.18. The first-order valence-electron chi connectivity index (χ1n) is 8.09. The molecular formula is C19H21NO4. The molecule has 24 heavy (non-hydrogen) atoms. The Hall–Kier alpha value is -2.11. The quantitative estimate of drug-likeness (QED) is 0.899. The number of hydrogen-bond acceptors (Lipinski definition) is 5. The number of likely N-dealkylation sites (tertiary alicyclic amines) is 1. The number of fused-ring (bicyclic) bond motifs is 2. The summed E-state index contributed by atoms with van der Waals surface area (Å²) in [5, 5.41) is 11.0. The number of hydrogen-bond donors (Lipinski definition) is 1. The molecule has 1 aliphatic heterocycles. The van der Waals surface area contributed by atoms with E-state index in [9.17, 15) is 9.90 Å². The predicted molar refractivity (Wildman–Crippen MR) is 90.2 cm³/mol. The summed E-state index contributed by atoms with van der Waals surface area (Å²) < 4.78 is 10.9. The van der Waals surface area contributed by atoms with Crippen LogP contribution in [0.2, 0.25) is 0 Å². The van der Waals surface area contributed by atoms with Crippen molar-refractivity contribution < 1.29 is 19.4 Å². The molecule has 2 unspecified atom stereocenters. The predicted octanol–water partition coefficient (Wildman–Crippen LogP) is 1.89. The number of piperidine rings is 1. The SMILES string of the molecule is COc1cc2c(cc1OC)C13CCN(C)C(O)(C1)C(=O)C=C3C=C2. The zero-order valence-electron chi connectivity index (χ0n) is 14.1. The number of benzene rings is 1. The molecular weight excluding hydrogens is 306 g/mol. The van der Waals surface area contributed by atoms with Crippen LogP contribution in [0.5, 0.6) is 11.5 Å². The number of ether oxygens (including phenoxy) is 2. The standard InChI is InChI=1S/C19H21NO4/c1-20-7-6-18-11-19(20,22)17(21)9-13(18)5-4-12-8-15(23-2)16(24-3)10-14(12)18/h4-5,8-10,22H,6-7,11H2,1-3H3. The molecule has 126 valence electrons. The number of carbonyl (C=O) groups excluding carboxylic acids is 1. The normalized spacial score (nSPS) is 31.2. The van der Waals surface area contributed by atoms with Crippen molar-refractivity contribution in [2.45, 2.75) is 24.0 Å². The van der Waals surface area contributed by atoms with Crippen molar-refractivity contribution in [2.24, 2.45) is 0 Å². The maximum atomic E-state index is 12.5. The Morgan fingerprint density at radius 3 is 2.58 bits per heavy atom. The van der Waals surface area contributed by atoms with E-state index in [2.05, 4.69) is 0 Å². The van der Waals surface area contributed by atoms with Gasteiger partial charge in [-0.3, -0.25) is 9.69 Å². The van der Waals surface area contributed by atoms with Gasteiger partial charge in [-0.05, 0) is 48.4 Å². The summed E-state index contributed by atoms with van der Waals surface area (Å²) in [6, 6.07) is 3.96. The summed E-state index contributed by atoms with van der Waals surface area (Å²) in [6.07, 6.45) is 6.82. The molecule has 5 heteroatoms. The van der Waals surface area contributed by atoms with Gasteiger partial charge in [0.05, 0.1) is 14.2 Å². The van der Waals surface area contributed by atoms with Gasteiger partial charge in [-0.15, -0.1) is 0 Å². The van der Waals surface area contributed by atoms with Gasteiger partial charge < -0.3 is 14.6 Å². The molecule has 1 heterocycles. The highest BCUT2D eigenvalue weighted by Gasteiger charge is 2.56. The average molecular weight is 327 g/mol. The fourth-order valence-corrected chi connectivity index (χ4v) is 4.32. The topological polar surface area (TPSA) is 59.0 Å². The first-order chi connectivity index (χ1) is 11.4. The van der Waals surface area contributed by atoms with Gasteiger partial charge in [0.2, 0.25) is 5.78 Å². The van der Waals surface area contributed by atoms with E-state index in [1.165, 1.54) is 0 Å². The van der Waals surface area contributed by atoms with E-state index in [1.54, 1.807) is 32.2 Å². The number of ketones is 1. The van der Waals surface area contributed by atoms with E-state index in [-0.39, 0.29) is 11.2 Å². The molecule has 5 nitrogen and oxygen atoms in total. The second-order valence-electron chi connectivity index (χ2n) is 6.84. The highest BCUT2D eigenvalue weighted by atomic mass is 16.5. The molecule has 3 aliphatic rings. The third-order valence-corrected chi connectivity index (χ3v) is 5.80. The Bertz CT molecular complexity index is 797. The van der Waals surface area contributed by atoms with Gasteiger partial charge in [-0.2, -0.15) is 0 Å². The number of allylic oxidation sites excluding steroid dienone is 2. The monoisotopic (exact) mass is 327 g/mol. The summed E-state index contributed by atoms with van der Waals surface area (Å²) in [5.41, 5.74) is 1.32. The first kappa shape index (κ1) is 15.4. The highest BCUT2D eigenvalue weighted by molar-refractivity contribution is 6.00. The van der Waals surface area contributed by atoms with Gasteiger partial charge in [-0.25, -0.2) is 0 Å². The lowest BCUT2D eigenvalue weighted by atomic mass is 9.58. The molecule has 4 rings (SSSR count). The Labute approximate surface area is 141 Å². The van der Waals surface area contributed by atoms with Gasteiger partial charge in [0.15, 0.2) is 17.2 Å². The molecule has 1 saturated heterocycles. The van der Waals surface area contributed by atoms with E-state index >= 15 is 0 Å². The zero-order chi connectivity index (χ0) is 17.1. The van der Waals surface area contributed by atoms with Crippen molar-refractivity contribution >= 4 is 11.9 Å². The van der Waals surface area contributed by atoms with E-state index in [0.717, 1.165) is 23.1 Å². The lowest BCUT2D eigenvalue weighted by molar-refractivity contribution is -0.168. The van der Waals surface area contributed by atoms with Crippen LogP contribution in [-0.4, -0.2) is 49.3 Å². The largest absolute Gasteiger partial charge is 0.493 e. The lowest BCUT2D eigenvalue weighted by Crippen LogP contribution is -2.63. The molecule has 2 atom stereocenters. The second kappa shape index (κ2) is 4.94. The van der Waals surface area contributed by atoms with Crippen molar-refractivity contribution in [3.63, 3.8) is 0 Å². The molecule has 1 fully saturated rings. The van der Waals surface area contributed by atoms with Crippen molar-refractivity contribution in [1.29, 1.82) is 0 Å². The van der Waals surface area contributed by atoms with Crippen molar-refractivity contribution in [3.05, 3.63) is 41.0 Å².